The molecule has 2 fully saturated rings. The Morgan fingerprint density at radius 3 is 2.68 bits per heavy atom. The first-order valence-corrected chi connectivity index (χ1v) is 7.62. The summed E-state index contributed by atoms with van der Waals surface area (Å²) in [5.41, 5.74) is 0. The number of rotatable bonds is 3. The molecule has 2 atom stereocenters. The minimum absolute atomic E-state index is 0.105. The van der Waals surface area contributed by atoms with Crippen molar-refractivity contribution >= 4 is 11.8 Å². The van der Waals surface area contributed by atoms with Crippen molar-refractivity contribution in [3.05, 3.63) is 0 Å². The maximum absolute atomic E-state index is 12.7. The third-order valence-electron chi connectivity index (χ3n) is 4.55. The summed E-state index contributed by atoms with van der Waals surface area (Å²) < 4.78 is 0. The van der Waals surface area contributed by atoms with Crippen LogP contribution >= 0.6 is 0 Å². The molecule has 4 heteroatoms. The highest BCUT2D eigenvalue weighted by Gasteiger charge is 2.38. The summed E-state index contributed by atoms with van der Waals surface area (Å²) >= 11 is 0. The summed E-state index contributed by atoms with van der Waals surface area (Å²) in [7, 11) is 0. The third kappa shape index (κ3) is 2.93. The van der Waals surface area contributed by atoms with Crippen LogP contribution in [-0.2, 0) is 9.59 Å². The zero-order valence-corrected chi connectivity index (χ0v) is 12.4. The third-order valence-corrected chi connectivity index (χ3v) is 4.55. The van der Waals surface area contributed by atoms with Gasteiger partial charge < -0.3 is 9.80 Å². The van der Waals surface area contributed by atoms with Gasteiger partial charge in [0.15, 0.2) is 0 Å². The molecule has 0 aromatic heterocycles. The molecule has 0 bridgehead atoms. The molecule has 108 valence electrons. The van der Waals surface area contributed by atoms with Crippen LogP contribution in [0.1, 0.15) is 46.5 Å². The number of likely N-dealkylation sites (tertiary alicyclic amines) is 2. The van der Waals surface area contributed by atoms with Gasteiger partial charge in [0.05, 0.1) is 5.92 Å². The molecule has 2 aliphatic rings. The second kappa shape index (κ2) is 5.93. The van der Waals surface area contributed by atoms with Gasteiger partial charge in [0.2, 0.25) is 11.8 Å². The van der Waals surface area contributed by atoms with Crippen LogP contribution in [0.15, 0.2) is 0 Å². The summed E-state index contributed by atoms with van der Waals surface area (Å²) in [5.74, 6) is 0.747. The summed E-state index contributed by atoms with van der Waals surface area (Å²) in [6, 6.07) is 0.368. The molecule has 0 radical (unpaired) electrons. The SMILES string of the molecule is CCN1C[C@@H](C(=O)N2CCCC[C@H]2C(C)C)CC1=O. The van der Waals surface area contributed by atoms with Crippen LogP contribution in [0.3, 0.4) is 0 Å². The lowest BCUT2D eigenvalue weighted by atomic mass is 9.91. The average molecular weight is 266 g/mol. The van der Waals surface area contributed by atoms with Crippen LogP contribution in [0.25, 0.3) is 0 Å². The van der Waals surface area contributed by atoms with Gasteiger partial charge in [-0.2, -0.15) is 0 Å². The van der Waals surface area contributed by atoms with Crippen molar-refractivity contribution in [2.45, 2.75) is 52.5 Å². The molecule has 0 saturated carbocycles. The maximum Gasteiger partial charge on any atom is 0.228 e. The van der Waals surface area contributed by atoms with E-state index < -0.39 is 0 Å². The Bertz CT molecular complexity index is 354. The van der Waals surface area contributed by atoms with Crippen LogP contribution in [0.5, 0.6) is 0 Å². The van der Waals surface area contributed by atoms with E-state index in [0.29, 0.717) is 24.9 Å². The molecule has 0 unspecified atom stereocenters. The molecule has 2 saturated heterocycles. The predicted molar refractivity (Wildman–Crippen MR) is 74.6 cm³/mol. The van der Waals surface area contributed by atoms with E-state index in [2.05, 4.69) is 18.7 Å². The van der Waals surface area contributed by atoms with E-state index in [-0.39, 0.29) is 17.7 Å². The van der Waals surface area contributed by atoms with Crippen molar-refractivity contribution in [3.63, 3.8) is 0 Å². The maximum atomic E-state index is 12.7. The highest BCUT2D eigenvalue weighted by molar-refractivity contribution is 5.89. The Labute approximate surface area is 116 Å². The monoisotopic (exact) mass is 266 g/mol. The molecule has 2 rings (SSSR count). The van der Waals surface area contributed by atoms with Crippen molar-refractivity contribution in [3.8, 4) is 0 Å². The Kier molecular flexibility index (Phi) is 4.48. The number of carbonyl (C=O) groups is 2. The van der Waals surface area contributed by atoms with Crippen molar-refractivity contribution < 1.29 is 9.59 Å². The number of piperidine rings is 1. The molecular formula is C15H26N2O2. The summed E-state index contributed by atoms with van der Waals surface area (Å²) in [4.78, 5) is 28.3. The second-order valence-electron chi connectivity index (χ2n) is 6.17. The van der Waals surface area contributed by atoms with Gasteiger partial charge in [0.25, 0.3) is 0 Å². The van der Waals surface area contributed by atoms with E-state index in [1.807, 2.05) is 6.92 Å². The molecule has 2 aliphatic heterocycles. The molecule has 0 aromatic rings. The van der Waals surface area contributed by atoms with Gasteiger partial charge >= 0.3 is 0 Å². The lowest BCUT2D eigenvalue weighted by Crippen LogP contribution is -2.49. The molecule has 0 spiro atoms. The van der Waals surface area contributed by atoms with Gasteiger partial charge in [-0.3, -0.25) is 9.59 Å². The van der Waals surface area contributed by atoms with Gasteiger partial charge in [-0.15, -0.1) is 0 Å². The molecule has 0 aliphatic carbocycles. The lowest BCUT2D eigenvalue weighted by molar-refractivity contribution is -0.140. The Hall–Kier alpha value is -1.06. The average Bonchev–Trinajstić information content (AvgIpc) is 2.79. The fourth-order valence-electron chi connectivity index (χ4n) is 3.40. The zero-order chi connectivity index (χ0) is 14.0. The van der Waals surface area contributed by atoms with Gasteiger partial charge in [-0.05, 0) is 32.1 Å². The van der Waals surface area contributed by atoms with Gasteiger partial charge in [-0.1, -0.05) is 13.8 Å². The van der Waals surface area contributed by atoms with E-state index in [1.165, 1.54) is 6.42 Å². The first kappa shape index (κ1) is 14.4. The molecule has 4 nitrogen and oxygen atoms in total. The summed E-state index contributed by atoms with van der Waals surface area (Å²) in [6.07, 6.45) is 3.85. The highest BCUT2D eigenvalue weighted by Crippen LogP contribution is 2.27. The van der Waals surface area contributed by atoms with Crippen LogP contribution in [0, 0.1) is 11.8 Å². The Morgan fingerprint density at radius 2 is 2.11 bits per heavy atom. The number of hydrogen-bond acceptors (Lipinski definition) is 2. The Morgan fingerprint density at radius 1 is 1.37 bits per heavy atom. The van der Waals surface area contributed by atoms with Crippen molar-refractivity contribution in [1.29, 1.82) is 0 Å². The van der Waals surface area contributed by atoms with Crippen LogP contribution < -0.4 is 0 Å². The minimum atomic E-state index is -0.105. The summed E-state index contributed by atoms with van der Waals surface area (Å²) in [5, 5.41) is 0. The largest absolute Gasteiger partial charge is 0.342 e. The number of carbonyl (C=O) groups excluding carboxylic acids is 2. The van der Waals surface area contributed by atoms with E-state index >= 15 is 0 Å². The molecule has 19 heavy (non-hydrogen) atoms. The van der Waals surface area contributed by atoms with Crippen LogP contribution in [0.4, 0.5) is 0 Å². The molecule has 2 heterocycles. The first-order valence-electron chi connectivity index (χ1n) is 7.62. The van der Waals surface area contributed by atoms with E-state index in [4.69, 9.17) is 0 Å². The second-order valence-corrected chi connectivity index (χ2v) is 6.17. The smallest absolute Gasteiger partial charge is 0.228 e. The fourth-order valence-corrected chi connectivity index (χ4v) is 3.40. The molecule has 0 aromatic carbocycles. The fraction of sp³-hybridized carbons (Fsp3) is 0.867. The van der Waals surface area contributed by atoms with Crippen molar-refractivity contribution in [2.24, 2.45) is 11.8 Å². The first-order chi connectivity index (χ1) is 9.04. The Balaban J connectivity index is 2.04. The normalized spacial score (nSPS) is 28.3. The number of amides is 2. The van der Waals surface area contributed by atoms with E-state index in [0.717, 1.165) is 25.9 Å². The minimum Gasteiger partial charge on any atom is -0.342 e. The molecule has 0 N–H and O–H groups in total. The van der Waals surface area contributed by atoms with Gasteiger partial charge in [0, 0.05) is 32.1 Å². The zero-order valence-electron chi connectivity index (χ0n) is 12.4. The highest BCUT2D eigenvalue weighted by atomic mass is 16.2. The quantitative estimate of drug-likeness (QED) is 0.782. The van der Waals surface area contributed by atoms with E-state index in [9.17, 15) is 9.59 Å². The number of hydrogen-bond donors (Lipinski definition) is 0. The van der Waals surface area contributed by atoms with Crippen LogP contribution in [-0.4, -0.2) is 47.3 Å². The van der Waals surface area contributed by atoms with Crippen molar-refractivity contribution in [1.82, 2.24) is 9.80 Å². The van der Waals surface area contributed by atoms with Gasteiger partial charge in [0.1, 0.15) is 0 Å². The van der Waals surface area contributed by atoms with E-state index in [1.54, 1.807) is 4.90 Å². The lowest BCUT2D eigenvalue weighted by Gasteiger charge is -2.39. The van der Waals surface area contributed by atoms with Crippen LogP contribution in [0.2, 0.25) is 0 Å². The van der Waals surface area contributed by atoms with Crippen molar-refractivity contribution in [2.75, 3.05) is 19.6 Å². The molecule has 2 amide bonds. The van der Waals surface area contributed by atoms with Gasteiger partial charge in [-0.25, -0.2) is 0 Å². The topological polar surface area (TPSA) is 40.6 Å². The predicted octanol–water partition coefficient (Wildman–Crippen LogP) is 1.89. The standard InChI is InChI=1S/C15H26N2O2/c1-4-16-10-12(9-14(16)18)15(19)17-8-6-5-7-13(17)11(2)3/h11-13H,4-10H2,1-3H3/t12-,13-/m0/s1. The summed E-state index contributed by atoms with van der Waals surface area (Å²) in [6.45, 7) is 8.57. The molecular weight excluding hydrogens is 240 g/mol. The number of nitrogens with zero attached hydrogens (tertiary/aromatic N) is 2.